The van der Waals surface area contributed by atoms with Crippen molar-refractivity contribution in [1.29, 1.82) is 0 Å². The van der Waals surface area contributed by atoms with E-state index in [0.29, 0.717) is 5.56 Å². The van der Waals surface area contributed by atoms with E-state index in [2.05, 4.69) is 10.6 Å². The summed E-state index contributed by atoms with van der Waals surface area (Å²) in [6.07, 6.45) is 0. The van der Waals surface area contributed by atoms with E-state index in [1.165, 1.54) is 25.1 Å². The highest BCUT2D eigenvalue weighted by atomic mass is 16.6. The molecule has 0 aliphatic heterocycles. The second-order valence-corrected chi connectivity index (χ2v) is 6.63. The van der Waals surface area contributed by atoms with Crippen LogP contribution in [0.3, 0.4) is 0 Å². The second kappa shape index (κ2) is 8.96. The molecule has 9 heteroatoms. The van der Waals surface area contributed by atoms with Crippen LogP contribution < -0.4 is 10.6 Å². The molecule has 152 valence electrons. The average Bonchev–Trinajstić information content (AvgIpc) is 2.67. The van der Waals surface area contributed by atoms with Gasteiger partial charge in [0.1, 0.15) is 6.04 Å². The Hall–Kier alpha value is -3.75. The number of carboxylic acids is 1. The number of hydrogen-bond acceptors (Lipinski definition) is 5. The third kappa shape index (κ3) is 5.38. The number of aryl methyl sites for hydroxylation is 2. The van der Waals surface area contributed by atoms with Crippen molar-refractivity contribution in [2.24, 2.45) is 0 Å². The number of carbonyl (C=O) groups is 3. The standard InChI is InChI=1S/C20H21N3O6/c1-11-7-8-14(9-12(11)2)17(20(26)27)22-18(24)13(3)21-19(25)15-5-4-6-16(10-15)23(28)29/h4-10,13,17H,1-3H3,(H,21,25)(H,22,24)(H,26,27). The lowest BCUT2D eigenvalue weighted by atomic mass is 10.0. The number of non-ortho nitro benzene ring substituents is 1. The highest BCUT2D eigenvalue weighted by Crippen LogP contribution is 2.18. The lowest BCUT2D eigenvalue weighted by Gasteiger charge is -2.19. The van der Waals surface area contributed by atoms with Gasteiger partial charge in [0, 0.05) is 17.7 Å². The average molecular weight is 399 g/mol. The molecule has 29 heavy (non-hydrogen) atoms. The number of carboxylic acid groups (broad SMARTS) is 1. The van der Waals surface area contributed by atoms with Crippen LogP contribution in [0, 0.1) is 24.0 Å². The minimum atomic E-state index is -1.28. The molecule has 0 aliphatic carbocycles. The summed E-state index contributed by atoms with van der Waals surface area (Å²) in [5.74, 6) is -2.62. The Labute approximate surface area is 166 Å². The molecule has 2 aromatic rings. The van der Waals surface area contributed by atoms with E-state index < -0.39 is 34.8 Å². The van der Waals surface area contributed by atoms with Gasteiger partial charge in [-0.2, -0.15) is 0 Å². The summed E-state index contributed by atoms with van der Waals surface area (Å²) in [4.78, 5) is 46.5. The topological polar surface area (TPSA) is 139 Å². The van der Waals surface area contributed by atoms with E-state index in [0.717, 1.165) is 17.2 Å². The molecule has 2 atom stereocenters. The summed E-state index contributed by atoms with van der Waals surface area (Å²) >= 11 is 0. The number of carbonyl (C=O) groups excluding carboxylic acids is 2. The van der Waals surface area contributed by atoms with Gasteiger partial charge in [-0.25, -0.2) is 4.79 Å². The first kappa shape index (κ1) is 21.5. The minimum absolute atomic E-state index is 0.0165. The Kier molecular flexibility index (Phi) is 6.66. The fourth-order valence-electron chi connectivity index (χ4n) is 2.61. The lowest BCUT2D eigenvalue weighted by Crippen LogP contribution is -2.47. The number of nitro benzene ring substituents is 1. The molecule has 0 saturated heterocycles. The lowest BCUT2D eigenvalue weighted by molar-refractivity contribution is -0.384. The monoisotopic (exact) mass is 399 g/mol. The van der Waals surface area contributed by atoms with E-state index in [-0.39, 0.29) is 11.3 Å². The number of nitrogens with zero attached hydrogens (tertiary/aromatic N) is 1. The van der Waals surface area contributed by atoms with E-state index >= 15 is 0 Å². The third-order valence-electron chi connectivity index (χ3n) is 4.46. The fraction of sp³-hybridized carbons (Fsp3) is 0.250. The van der Waals surface area contributed by atoms with Gasteiger partial charge in [-0.05, 0) is 43.5 Å². The van der Waals surface area contributed by atoms with Crippen molar-refractivity contribution in [2.75, 3.05) is 0 Å². The van der Waals surface area contributed by atoms with E-state index in [1.807, 2.05) is 13.8 Å². The van der Waals surface area contributed by atoms with Crippen LogP contribution in [0.1, 0.15) is 40.0 Å². The number of amides is 2. The zero-order chi connectivity index (χ0) is 21.7. The summed E-state index contributed by atoms with van der Waals surface area (Å²) in [5.41, 5.74) is 2.04. The molecule has 0 aliphatic rings. The predicted molar refractivity (Wildman–Crippen MR) is 104 cm³/mol. The van der Waals surface area contributed by atoms with Gasteiger partial charge in [0.2, 0.25) is 5.91 Å². The van der Waals surface area contributed by atoms with Gasteiger partial charge in [0.05, 0.1) is 4.92 Å². The van der Waals surface area contributed by atoms with Gasteiger partial charge in [-0.1, -0.05) is 24.3 Å². The zero-order valence-corrected chi connectivity index (χ0v) is 16.1. The van der Waals surface area contributed by atoms with Crippen molar-refractivity contribution in [2.45, 2.75) is 32.9 Å². The summed E-state index contributed by atoms with van der Waals surface area (Å²) in [6, 6.07) is 7.80. The van der Waals surface area contributed by atoms with Crippen LogP contribution >= 0.6 is 0 Å². The molecular weight excluding hydrogens is 378 g/mol. The number of nitro groups is 1. The van der Waals surface area contributed by atoms with Gasteiger partial charge in [-0.3, -0.25) is 19.7 Å². The Bertz CT molecular complexity index is 972. The maximum atomic E-state index is 12.4. The van der Waals surface area contributed by atoms with Crippen molar-refractivity contribution in [3.8, 4) is 0 Å². The molecule has 0 heterocycles. The summed E-state index contributed by atoms with van der Waals surface area (Å²) < 4.78 is 0. The van der Waals surface area contributed by atoms with E-state index in [4.69, 9.17) is 0 Å². The van der Waals surface area contributed by atoms with Crippen LogP contribution in [0.25, 0.3) is 0 Å². The molecule has 9 nitrogen and oxygen atoms in total. The second-order valence-electron chi connectivity index (χ2n) is 6.63. The van der Waals surface area contributed by atoms with Crippen molar-refractivity contribution >= 4 is 23.5 Å². The Balaban J connectivity index is 2.10. The van der Waals surface area contributed by atoms with Crippen LogP contribution in [0.5, 0.6) is 0 Å². The normalized spacial score (nSPS) is 12.5. The van der Waals surface area contributed by atoms with Gasteiger partial charge in [-0.15, -0.1) is 0 Å². The molecule has 2 amide bonds. The van der Waals surface area contributed by atoms with E-state index in [1.54, 1.807) is 18.2 Å². The van der Waals surface area contributed by atoms with Crippen molar-refractivity contribution in [3.63, 3.8) is 0 Å². The minimum Gasteiger partial charge on any atom is -0.479 e. The zero-order valence-electron chi connectivity index (χ0n) is 16.1. The van der Waals surface area contributed by atoms with Gasteiger partial charge >= 0.3 is 5.97 Å². The smallest absolute Gasteiger partial charge is 0.330 e. The number of hydrogen-bond donors (Lipinski definition) is 3. The molecule has 0 saturated carbocycles. The summed E-state index contributed by atoms with van der Waals surface area (Å²) in [6.45, 7) is 5.12. The maximum absolute atomic E-state index is 12.4. The fourth-order valence-corrected chi connectivity index (χ4v) is 2.61. The van der Waals surface area contributed by atoms with Gasteiger partial charge in [0.15, 0.2) is 6.04 Å². The van der Waals surface area contributed by atoms with E-state index in [9.17, 15) is 29.6 Å². The number of benzene rings is 2. The quantitative estimate of drug-likeness (QED) is 0.482. The number of aliphatic carboxylic acids is 1. The molecule has 0 fully saturated rings. The Morgan fingerprint density at radius 2 is 1.72 bits per heavy atom. The van der Waals surface area contributed by atoms with Crippen molar-refractivity contribution in [3.05, 3.63) is 74.8 Å². The molecule has 2 aromatic carbocycles. The molecule has 2 rings (SSSR count). The van der Waals surface area contributed by atoms with Gasteiger partial charge in [0.25, 0.3) is 11.6 Å². The Morgan fingerprint density at radius 3 is 2.31 bits per heavy atom. The summed E-state index contributed by atoms with van der Waals surface area (Å²) in [7, 11) is 0. The molecular formula is C20H21N3O6. The first-order valence-electron chi connectivity index (χ1n) is 8.75. The molecule has 0 bridgehead atoms. The van der Waals surface area contributed by atoms with Gasteiger partial charge < -0.3 is 15.7 Å². The first-order chi connectivity index (χ1) is 13.6. The molecule has 3 N–H and O–H groups in total. The van der Waals surface area contributed by atoms with Crippen molar-refractivity contribution < 1.29 is 24.4 Å². The SMILES string of the molecule is Cc1ccc(C(NC(=O)C(C)NC(=O)c2cccc([N+](=O)[O-])c2)C(=O)O)cc1C. The molecule has 0 aromatic heterocycles. The van der Waals surface area contributed by atoms with Crippen LogP contribution in [0.4, 0.5) is 5.69 Å². The Morgan fingerprint density at radius 1 is 1.03 bits per heavy atom. The highest BCUT2D eigenvalue weighted by Gasteiger charge is 2.26. The maximum Gasteiger partial charge on any atom is 0.330 e. The van der Waals surface area contributed by atoms with Crippen LogP contribution in [-0.2, 0) is 9.59 Å². The van der Waals surface area contributed by atoms with Crippen LogP contribution in [0.15, 0.2) is 42.5 Å². The van der Waals surface area contributed by atoms with Crippen molar-refractivity contribution in [1.82, 2.24) is 10.6 Å². The van der Waals surface area contributed by atoms with Crippen LogP contribution in [0.2, 0.25) is 0 Å². The predicted octanol–water partition coefficient (Wildman–Crippen LogP) is 2.27. The largest absolute Gasteiger partial charge is 0.479 e. The van der Waals surface area contributed by atoms with Crippen LogP contribution in [-0.4, -0.2) is 33.9 Å². The highest BCUT2D eigenvalue weighted by molar-refractivity contribution is 5.98. The summed E-state index contributed by atoms with van der Waals surface area (Å²) in [5, 5.41) is 25.1. The first-order valence-corrected chi connectivity index (χ1v) is 8.75. The molecule has 0 spiro atoms. The number of nitrogens with one attached hydrogen (secondary N) is 2. The molecule has 0 radical (unpaired) electrons. The number of rotatable bonds is 7. The molecule has 2 unspecified atom stereocenters. The third-order valence-corrected chi connectivity index (χ3v) is 4.46.